The molecule has 1 rings (SSSR count). The van der Waals surface area contributed by atoms with Gasteiger partial charge >= 0.3 is 0 Å². The van der Waals surface area contributed by atoms with Crippen molar-refractivity contribution in [2.24, 2.45) is 0 Å². The second-order valence-electron chi connectivity index (χ2n) is 2.88. The highest BCUT2D eigenvalue weighted by molar-refractivity contribution is 5.75. The van der Waals surface area contributed by atoms with E-state index in [9.17, 15) is 4.79 Å². The van der Waals surface area contributed by atoms with Gasteiger partial charge in [-0.25, -0.2) is 4.98 Å². The maximum atomic E-state index is 11.1. The summed E-state index contributed by atoms with van der Waals surface area (Å²) < 4.78 is 4.99. The van der Waals surface area contributed by atoms with Crippen molar-refractivity contribution in [3.05, 3.63) is 17.8 Å². The van der Waals surface area contributed by atoms with Gasteiger partial charge in [0.15, 0.2) is 5.89 Å². The number of amides is 1. The molecule has 0 aliphatic heterocycles. The number of nitrogens with one attached hydrogen (secondary N) is 1. The number of hydrogen-bond acceptors (Lipinski definition) is 3. The molecule has 1 N–H and O–H groups in total. The molecule has 0 fully saturated rings. The lowest BCUT2D eigenvalue weighted by Gasteiger charge is -1.99. The monoisotopic (exact) mass is 182 g/mol. The van der Waals surface area contributed by atoms with Crippen LogP contribution in [0.5, 0.6) is 0 Å². The van der Waals surface area contributed by atoms with Gasteiger partial charge in [-0.05, 0) is 6.42 Å². The lowest BCUT2D eigenvalue weighted by molar-refractivity contribution is -0.121. The number of oxazole rings is 1. The number of aromatic nitrogens is 1. The van der Waals surface area contributed by atoms with Crippen molar-refractivity contribution in [1.82, 2.24) is 10.3 Å². The molecule has 0 atom stereocenters. The van der Waals surface area contributed by atoms with Crippen LogP contribution in [-0.2, 0) is 11.3 Å². The molecule has 1 amide bonds. The molecule has 0 aromatic carbocycles. The van der Waals surface area contributed by atoms with Crippen LogP contribution in [0.25, 0.3) is 0 Å². The zero-order valence-corrected chi connectivity index (χ0v) is 7.96. The summed E-state index contributed by atoms with van der Waals surface area (Å²) in [6.07, 6.45) is 2.99. The number of aryl methyl sites for hydroxylation is 1. The van der Waals surface area contributed by atoms with Crippen LogP contribution in [0.3, 0.4) is 0 Å². The van der Waals surface area contributed by atoms with Gasteiger partial charge in [-0.15, -0.1) is 0 Å². The van der Waals surface area contributed by atoms with Crippen molar-refractivity contribution in [3.63, 3.8) is 0 Å². The lowest BCUT2D eigenvalue weighted by Crippen LogP contribution is -2.22. The molecule has 0 saturated heterocycles. The number of rotatable bonds is 4. The molecule has 0 aliphatic carbocycles. The van der Waals surface area contributed by atoms with Gasteiger partial charge in [0.05, 0.1) is 12.2 Å². The molecule has 0 spiro atoms. The fraction of sp³-hybridized carbons (Fsp3) is 0.556. The van der Waals surface area contributed by atoms with Crippen LogP contribution in [0.4, 0.5) is 0 Å². The maximum absolute atomic E-state index is 11.1. The van der Waals surface area contributed by atoms with Gasteiger partial charge < -0.3 is 9.73 Å². The first kappa shape index (κ1) is 9.77. The predicted octanol–water partition coefficient (Wildman–Crippen LogP) is 1.40. The Bertz CT molecular complexity index is 281. The van der Waals surface area contributed by atoms with E-state index in [0.29, 0.717) is 18.9 Å². The Kier molecular flexibility index (Phi) is 3.49. The van der Waals surface area contributed by atoms with E-state index >= 15 is 0 Å². The smallest absolute Gasteiger partial charge is 0.220 e. The Morgan fingerprint density at radius 1 is 1.69 bits per heavy atom. The van der Waals surface area contributed by atoms with Crippen molar-refractivity contribution < 1.29 is 9.21 Å². The van der Waals surface area contributed by atoms with Gasteiger partial charge in [-0.1, -0.05) is 6.92 Å². The third-order valence-electron chi connectivity index (χ3n) is 1.61. The Labute approximate surface area is 77.3 Å². The Balaban J connectivity index is 2.30. The minimum atomic E-state index is 0.0585. The van der Waals surface area contributed by atoms with Crippen molar-refractivity contribution >= 4 is 5.91 Å². The third-order valence-corrected chi connectivity index (χ3v) is 1.61. The second-order valence-corrected chi connectivity index (χ2v) is 2.88. The van der Waals surface area contributed by atoms with Gasteiger partial charge in [0.2, 0.25) is 5.91 Å². The average molecular weight is 182 g/mol. The maximum Gasteiger partial charge on any atom is 0.220 e. The van der Waals surface area contributed by atoms with Crippen LogP contribution in [0.2, 0.25) is 0 Å². The highest BCUT2D eigenvalue weighted by atomic mass is 16.3. The molecule has 72 valence electrons. The van der Waals surface area contributed by atoms with Crippen LogP contribution in [0.1, 0.15) is 31.4 Å². The molecule has 13 heavy (non-hydrogen) atoms. The first-order chi connectivity index (χ1) is 6.22. The molecule has 0 radical (unpaired) electrons. The molecule has 0 unspecified atom stereocenters. The van der Waals surface area contributed by atoms with Crippen LogP contribution >= 0.6 is 0 Å². The van der Waals surface area contributed by atoms with Gasteiger partial charge in [0.25, 0.3) is 0 Å². The third kappa shape index (κ3) is 3.27. The Morgan fingerprint density at radius 3 is 3.00 bits per heavy atom. The molecule has 1 aromatic heterocycles. The summed E-state index contributed by atoms with van der Waals surface area (Å²) >= 11 is 0. The zero-order valence-electron chi connectivity index (χ0n) is 7.96. The lowest BCUT2D eigenvalue weighted by atomic mass is 10.3. The van der Waals surface area contributed by atoms with Gasteiger partial charge in [0.1, 0.15) is 6.26 Å². The first-order valence-electron chi connectivity index (χ1n) is 4.40. The average Bonchev–Trinajstić information content (AvgIpc) is 2.49. The minimum absolute atomic E-state index is 0.0585. The fourth-order valence-electron chi connectivity index (χ4n) is 0.994. The molecule has 0 bridgehead atoms. The Morgan fingerprint density at radius 2 is 2.46 bits per heavy atom. The van der Waals surface area contributed by atoms with Gasteiger partial charge in [-0.3, -0.25) is 4.79 Å². The molecule has 4 nitrogen and oxygen atoms in total. The molecular weight excluding hydrogens is 168 g/mol. The highest BCUT2D eigenvalue weighted by Gasteiger charge is 2.02. The van der Waals surface area contributed by atoms with E-state index in [0.717, 1.165) is 12.1 Å². The topological polar surface area (TPSA) is 55.1 Å². The van der Waals surface area contributed by atoms with E-state index in [1.165, 1.54) is 0 Å². The number of hydrogen-bond donors (Lipinski definition) is 1. The fourth-order valence-corrected chi connectivity index (χ4v) is 0.994. The van der Waals surface area contributed by atoms with Crippen molar-refractivity contribution in [3.8, 4) is 0 Å². The summed E-state index contributed by atoms with van der Waals surface area (Å²) in [6.45, 7) is 4.20. The van der Waals surface area contributed by atoms with E-state index in [4.69, 9.17) is 4.42 Å². The van der Waals surface area contributed by atoms with E-state index in [1.807, 2.05) is 6.92 Å². The molecule has 1 heterocycles. The van der Waals surface area contributed by atoms with Crippen LogP contribution < -0.4 is 5.32 Å². The van der Waals surface area contributed by atoms with Crippen molar-refractivity contribution in [2.45, 2.75) is 33.2 Å². The summed E-state index contributed by atoms with van der Waals surface area (Å²) in [5.41, 5.74) is 0.766. The Hall–Kier alpha value is -1.32. The summed E-state index contributed by atoms with van der Waals surface area (Å²) in [5.74, 6) is 0.683. The standard InChI is InChI=1S/C9H14N2O2/c1-3-4-9(12)10-5-8-6-13-7(2)11-8/h6H,3-5H2,1-2H3,(H,10,12). The van der Waals surface area contributed by atoms with Crippen LogP contribution in [-0.4, -0.2) is 10.9 Å². The van der Waals surface area contributed by atoms with Crippen molar-refractivity contribution in [1.29, 1.82) is 0 Å². The molecule has 1 aromatic rings. The van der Waals surface area contributed by atoms with E-state index in [-0.39, 0.29) is 5.91 Å². The summed E-state index contributed by atoms with van der Waals surface area (Å²) in [5, 5.41) is 2.75. The van der Waals surface area contributed by atoms with E-state index in [2.05, 4.69) is 10.3 Å². The van der Waals surface area contributed by atoms with Crippen LogP contribution in [0.15, 0.2) is 10.7 Å². The predicted molar refractivity (Wildman–Crippen MR) is 48.0 cm³/mol. The number of carbonyl (C=O) groups excluding carboxylic acids is 1. The van der Waals surface area contributed by atoms with E-state index < -0.39 is 0 Å². The SMILES string of the molecule is CCCC(=O)NCc1coc(C)n1. The number of carbonyl (C=O) groups is 1. The van der Waals surface area contributed by atoms with E-state index in [1.54, 1.807) is 13.2 Å². The molecule has 4 heteroatoms. The highest BCUT2D eigenvalue weighted by Crippen LogP contribution is 1.99. The normalized spacial score (nSPS) is 10.0. The minimum Gasteiger partial charge on any atom is -0.449 e. The summed E-state index contributed by atoms with van der Waals surface area (Å²) in [6, 6.07) is 0. The number of nitrogens with zero attached hydrogens (tertiary/aromatic N) is 1. The molecular formula is C9H14N2O2. The first-order valence-corrected chi connectivity index (χ1v) is 4.40. The van der Waals surface area contributed by atoms with Crippen LogP contribution in [0, 0.1) is 6.92 Å². The quantitative estimate of drug-likeness (QED) is 0.765. The second kappa shape index (κ2) is 4.64. The summed E-state index contributed by atoms with van der Waals surface area (Å²) in [7, 11) is 0. The molecule has 0 aliphatic rings. The van der Waals surface area contributed by atoms with Crippen molar-refractivity contribution in [2.75, 3.05) is 0 Å². The largest absolute Gasteiger partial charge is 0.449 e. The van der Waals surface area contributed by atoms with Gasteiger partial charge in [-0.2, -0.15) is 0 Å². The molecule has 0 saturated carbocycles. The van der Waals surface area contributed by atoms with Gasteiger partial charge in [0, 0.05) is 13.3 Å². The zero-order chi connectivity index (χ0) is 9.68. The summed E-state index contributed by atoms with van der Waals surface area (Å²) in [4.78, 5) is 15.1.